The van der Waals surface area contributed by atoms with E-state index in [4.69, 9.17) is 4.74 Å². The second-order valence-corrected chi connectivity index (χ2v) is 6.70. The molecular formula is C19H19N3O2S. The molecule has 0 unspecified atom stereocenters. The molecule has 128 valence electrons. The highest BCUT2D eigenvalue weighted by Gasteiger charge is 2.12. The third kappa shape index (κ3) is 5.12. The molecule has 6 heteroatoms. The lowest BCUT2D eigenvalue weighted by atomic mass is 10.2. The van der Waals surface area contributed by atoms with E-state index in [9.17, 15) is 4.79 Å². The predicted octanol–water partition coefficient (Wildman–Crippen LogP) is 3.28. The number of pyridine rings is 1. The number of hydrogen-bond donors (Lipinski definition) is 1. The van der Waals surface area contributed by atoms with Crippen molar-refractivity contribution in [3.05, 3.63) is 76.0 Å². The molecule has 0 saturated carbocycles. The second kappa shape index (κ2) is 8.39. The molecule has 0 bridgehead atoms. The van der Waals surface area contributed by atoms with Crippen molar-refractivity contribution in [2.45, 2.75) is 26.5 Å². The zero-order valence-electron chi connectivity index (χ0n) is 13.9. The zero-order chi connectivity index (χ0) is 17.5. The topological polar surface area (TPSA) is 64.1 Å². The van der Waals surface area contributed by atoms with E-state index in [0.29, 0.717) is 19.6 Å². The Morgan fingerprint density at radius 2 is 2.04 bits per heavy atom. The summed E-state index contributed by atoms with van der Waals surface area (Å²) in [6.07, 6.45) is 3.79. The number of thiazole rings is 1. The van der Waals surface area contributed by atoms with Crippen LogP contribution in [0.3, 0.4) is 0 Å². The molecule has 0 aliphatic heterocycles. The van der Waals surface area contributed by atoms with Crippen molar-refractivity contribution in [2.75, 3.05) is 0 Å². The summed E-state index contributed by atoms with van der Waals surface area (Å²) >= 11 is 1.52. The molecule has 1 N–H and O–H groups in total. The molecule has 0 fully saturated rings. The first kappa shape index (κ1) is 17.1. The lowest BCUT2D eigenvalue weighted by molar-refractivity contribution is -0.120. The lowest BCUT2D eigenvalue weighted by Gasteiger charge is -2.04. The van der Waals surface area contributed by atoms with E-state index in [0.717, 1.165) is 26.9 Å². The van der Waals surface area contributed by atoms with E-state index in [-0.39, 0.29) is 5.91 Å². The molecular weight excluding hydrogens is 334 g/mol. The first-order chi connectivity index (χ1) is 12.2. The number of aryl methyl sites for hydroxylation is 1. The minimum atomic E-state index is -0.0221. The highest BCUT2D eigenvalue weighted by molar-refractivity contribution is 7.11. The van der Waals surface area contributed by atoms with Gasteiger partial charge in [0.25, 0.3) is 0 Å². The number of rotatable bonds is 7. The Morgan fingerprint density at radius 1 is 1.20 bits per heavy atom. The number of hydrogen-bond acceptors (Lipinski definition) is 5. The highest BCUT2D eigenvalue weighted by atomic mass is 32.1. The van der Waals surface area contributed by atoms with Gasteiger partial charge >= 0.3 is 0 Å². The number of nitrogens with one attached hydrogen (secondary N) is 1. The van der Waals surface area contributed by atoms with Crippen molar-refractivity contribution in [3.63, 3.8) is 0 Å². The van der Waals surface area contributed by atoms with Gasteiger partial charge in [0, 0.05) is 23.8 Å². The van der Waals surface area contributed by atoms with Gasteiger partial charge in [-0.3, -0.25) is 9.78 Å². The number of carbonyl (C=O) groups is 1. The normalized spacial score (nSPS) is 10.4. The van der Waals surface area contributed by atoms with Gasteiger partial charge in [0.05, 0.1) is 12.1 Å². The van der Waals surface area contributed by atoms with E-state index in [1.165, 1.54) is 11.3 Å². The van der Waals surface area contributed by atoms with Crippen LogP contribution in [0.2, 0.25) is 0 Å². The zero-order valence-corrected chi connectivity index (χ0v) is 14.8. The van der Waals surface area contributed by atoms with Crippen molar-refractivity contribution in [2.24, 2.45) is 0 Å². The van der Waals surface area contributed by atoms with Gasteiger partial charge in [-0.1, -0.05) is 24.3 Å². The Balaban J connectivity index is 1.52. The monoisotopic (exact) mass is 353 g/mol. The predicted molar refractivity (Wildman–Crippen MR) is 97.4 cm³/mol. The number of benzene rings is 1. The molecule has 2 aromatic heterocycles. The fraction of sp³-hybridized carbons (Fsp3) is 0.211. The maximum atomic E-state index is 12.1. The molecule has 0 aliphatic rings. The molecule has 25 heavy (non-hydrogen) atoms. The standard InChI is InChI=1S/C19H19N3O2S/c1-14-17(10-18(23)21-12-15-6-5-9-20-11-15)25-19(22-14)13-24-16-7-3-2-4-8-16/h2-9,11H,10,12-13H2,1H3,(H,21,23). The van der Waals surface area contributed by atoms with E-state index in [1.54, 1.807) is 12.4 Å². The van der Waals surface area contributed by atoms with Crippen LogP contribution >= 0.6 is 11.3 Å². The van der Waals surface area contributed by atoms with E-state index < -0.39 is 0 Å². The van der Waals surface area contributed by atoms with Crippen LogP contribution in [-0.2, 0) is 24.4 Å². The summed E-state index contributed by atoms with van der Waals surface area (Å²) in [5, 5.41) is 3.78. The van der Waals surface area contributed by atoms with Crippen molar-refractivity contribution in [3.8, 4) is 5.75 Å². The van der Waals surface area contributed by atoms with Crippen LogP contribution in [0.4, 0.5) is 0 Å². The molecule has 0 radical (unpaired) electrons. The van der Waals surface area contributed by atoms with Gasteiger partial charge < -0.3 is 10.1 Å². The number of aromatic nitrogens is 2. The van der Waals surface area contributed by atoms with Gasteiger partial charge in [0.2, 0.25) is 5.91 Å². The summed E-state index contributed by atoms with van der Waals surface area (Å²) in [4.78, 5) is 21.6. The number of ether oxygens (including phenoxy) is 1. The Morgan fingerprint density at radius 3 is 2.80 bits per heavy atom. The molecule has 3 rings (SSSR count). The number of amides is 1. The van der Waals surface area contributed by atoms with E-state index >= 15 is 0 Å². The van der Waals surface area contributed by atoms with Crippen LogP contribution in [0.15, 0.2) is 54.9 Å². The fourth-order valence-electron chi connectivity index (χ4n) is 2.29. The number of nitrogens with zero attached hydrogens (tertiary/aromatic N) is 2. The molecule has 0 atom stereocenters. The second-order valence-electron chi connectivity index (χ2n) is 5.53. The lowest BCUT2D eigenvalue weighted by Crippen LogP contribution is -2.24. The van der Waals surface area contributed by atoms with E-state index in [2.05, 4.69) is 15.3 Å². The summed E-state index contributed by atoms with van der Waals surface area (Å²) in [6.45, 7) is 2.81. The first-order valence-corrected chi connectivity index (χ1v) is 8.81. The average molecular weight is 353 g/mol. The van der Waals surface area contributed by atoms with Crippen LogP contribution < -0.4 is 10.1 Å². The third-order valence-electron chi connectivity index (χ3n) is 3.58. The van der Waals surface area contributed by atoms with Crippen LogP contribution in [0.25, 0.3) is 0 Å². The summed E-state index contributed by atoms with van der Waals surface area (Å²) < 4.78 is 5.71. The Kier molecular flexibility index (Phi) is 5.74. The molecule has 1 aromatic carbocycles. The molecule has 1 amide bonds. The number of para-hydroxylation sites is 1. The maximum Gasteiger partial charge on any atom is 0.225 e. The molecule has 3 aromatic rings. The van der Waals surface area contributed by atoms with Crippen molar-refractivity contribution < 1.29 is 9.53 Å². The number of carbonyl (C=O) groups excluding carboxylic acids is 1. The minimum absolute atomic E-state index is 0.0221. The van der Waals surface area contributed by atoms with E-state index in [1.807, 2.05) is 49.4 Å². The Hall–Kier alpha value is -2.73. The van der Waals surface area contributed by atoms with Crippen LogP contribution in [-0.4, -0.2) is 15.9 Å². The van der Waals surface area contributed by atoms with Crippen LogP contribution in [0.1, 0.15) is 21.1 Å². The molecule has 0 saturated heterocycles. The summed E-state index contributed by atoms with van der Waals surface area (Å²) in [7, 11) is 0. The van der Waals surface area contributed by atoms with Crippen molar-refractivity contribution in [1.29, 1.82) is 0 Å². The van der Waals surface area contributed by atoms with Crippen LogP contribution in [0.5, 0.6) is 5.75 Å². The summed E-state index contributed by atoms with van der Waals surface area (Å²) in [6, 6.07) is 13.4. The molecule has 0 aliphatic carbocycles. The molecule has 5 nitrogen and oxygen atoms in total. The SMILES string of the molecule is Cc1nc(COc2ccccc2)sc1CC(=O)NCc1cccnc1. The van der Waals surface area contributed by atoms with Crippen LogP contribution in [0, 0.1) is 6.92 Å². The molecule has 0 spiro atoms. The summed E-state index contributed by atoms with van der Waals surface area (Å²) in [5.41, 5.74) is 1.86. The third-order valence-corrected chi connectivity index (χ3v) is 4.71. The Bertz CT molecular complexity index is 819. The van der Waals surface area contributed by atoms with Gasteiger partial charge in [0.15, 0.2) is 0 Å². The minimum Gasteiger partial charge on any atom is -0.486 e. The average Bonchev–Trinajstić information content (AvgIpc) is 2.99. The quantitative estimate of drug-likeness (QED) is 0.708. The van der Waals surface area contributed by atoms with Gasteiger partial charge in [-0.15, -0.1) is 11.3 Å². The van der Waals surface area contributed by atoms with Gasteiger partial charge in [-0.2, -0.15) is 0 Å². The van der Waals surface area contributed by atoms with Crippen molar-refractivity contribution in [1.82, 2.24) is 15.3 Å². The first-order valence-electron chi connectivity index (χ1n) is 7.99. The molecule has 2 heterocycles. The highest BCUT2D eigenvalue weighted by Crippen LogP contribution is 2.20. The maximum absolute atomic E-state index is 12.1. The van der Waals surface area contributed by atoms with Gasteiger partial charge in [0.1, 0.15) is 17.4 Å². The van der Waals surface area contributed by atoms with Crippen molar-refractivity contribution >= 4 is 17.2 Å². The smallest absolute Gasteiger partial charge is 0.225 e. The largest absolute Gasteiger partial charge is 0.486 e. The van der Waals surface area contributed by atoms with Gasteiger partial charge in [-0.05, 0) is 30.7 Å². The Labute approximate surface area is 150 Å². The summed E-state index contributed by atoms with van der Waals surface area (Å²) in [5.74, 6) is 0.789. The van der Waals surface area contributed by atoms with Gasteiger partial charge in [-0.25, -0.2) is 4.98 Å². The fourth-order valence-corrected chi connectivity index (χ4v) is 3.27.